The van der Waals surface area contributed by atoms with Crippen LogP contribution in [0.1, 0.15) is 19.0 Å². The van der Waals surface area contributed by atoms with E-state index in [0.717, 1.165) is 12.1 Å². The van der Waals surface area contributed by atoms with Gasteiger partial charge >= 0.3 is 0 Å². The van der Waals surface area contributed by atoms with Crippen molar-refractivity contribution in [1.29, 1.82) is 0 Å². The van der Waals surface area contributed by atoms with Gasteiger partial charge in [-0.15, -0.1) is 0 Å². The van der Waals surface area contributed by atoms with Gasteiger partial charge in [-0.05, 0) is 26.8 Å². The van der Waals surface area contributed by atoms with Gasteiger partial charge in [0.15, 0.2) is 0 Å². The van der Waals surface area contributed by atoms with E-state index in [9.17, 15) is 0 Å². The molecule has 0 aromatic carbocycles. The Balaban J connectivity index is 2.89. The van der Waals surface area contributed by atoms with E-state index in [4.69, 9.17) is 10.5 Å². The molecule has 0 saturated carbocycles. The number of methoxy groups -OCH3 is 1. The van der Waals surface area contributed by atoms with Gasteiger partial charge < -0.3 is 15.4 Å². The lowest BCUT2D eigenvalue weighted by Gasteiger charge is -2.24. The number of aromatic nitrogens is 2. The van der Waals surface area contributed by atoms with Crippen LogP contribution in [0, 0.1) is 6.92 Å². The molecule has 2 N–H and O–H groups in total. The minimum atomic E-state index is 0.316. The summed E-state index contributed by atoms with van der Waals surface area (Å²) in [5.74, 6) is 1.27. The van der Waals surface area contributed by atoms with E-state index in [1.165, 1.54) is 0 Å². The van der Waals surface area contributed by atoms with E-state index in [1.54, 1.807) is 7.11 Å². The van der Waals surface area contributed by atoms with Crippen molar-refractivity contribution >= 4 is 5.95 Å². The summed E-state index contributed by atoms with van der Waals surface area (Å²) in [5.41, 5.74) is 6.44. The minimum Gasteiger partial charge on any atom is -0.481 e. The van der Waals surface area contributed by atoms with Gasteiger partial charge in [0.1, 0.15) is 0 Å². The van der Waals surface area contributed by atoms with Gasteiger partial charge in [-0.25, -0.2) is 4.98 Å². The summed E-state index contributed by atoms with van der Waals surface area (Å²) in [6, 6.07) is 2.13. The Kier molecular flexibility index (Phi) is 4.49. The molecule has 0 spiro atoms. The Morgan fingerprint density at radius 3 is 2.75 bits per heavy atom. The molecule has 0 radical (unpaired) electrons. The highest BCUT2D eigenvalue weighted by Crippen LogP contribution is 2.16. The molecule has 0 aliphatic rings. The molecule has 1 unspecified atom stereocenters. The third kappa shape index (κ3) is 3.06. The van der Waals surface area contributed by atoms with Gasteiger partial charge in [0, 0.05) is 24.8 Å². The molecule has 0 aliphatic heterocycles. The smallest absolute Gasteiger partial charge is 0.228 e. The Bertz CT molecular complexity index is 343. The SMILES string of the molecule is COc1cc(C)nc(N(C)C(C)CCN)n1. The molecule has 1 rings (SSSR count). The standard InChI is InChI=1S/C11H20N4O/c1-8-7-10(16-4)14-11(13-8)15(3)9(2)5-6-12/h7,9H,5-6,12H2,1-4H3. The van der Waals surface area contributed by atoms with E-state index in [-0.39, 0.29) is 0 Å². The topological polar surface area (TPSA) is 64.3 Å². The fourth-order valence-electron chi connectivity index (χ4n) is 1.42. The monoisotopic (exact) mass is 224 g/mol. The summed E-state index contributed by atoms with van der Waals surface area (Å²) in [7, 11) is 3.57. The third-order valence-corrected chi connectivity index (χ3v) is 2.59. The number of rotatable bonds is 5. The van der Waals surface area contributed by atoms with Crippen LogP contribution in [0.25, 0.3) is 0 Å². The highest BCUT2D eigenvalue weighted by molar-refractivity contribution is 5.34. The van der Waals surface area contributed by atoms with Gasteiger partial charge in [-0.3, -0.25) is 0 Å². The number of anilines is 1. The zero-order valence-corrected chi connectivity index (χ0v) is 10.4. The summed E-state index contributed by atoms with van der Waals surface area (Å²) in [4.78, 5) is 10.7. The molecule has 0 fully saturated rings. The van der Waals surface area contributed by atoms with Crippen LogP contribution in [0.15, 0.2) is 6.07 Å². The molecule has 1 atom stereocenters. The van der Waals surface area contributed by atoms with Crippen molar-refractivity contribution in [2.45, 2.75) is 26.3 Å². The second-order valence-corrected chi connectivity index (χ2v) is 3.89. The van der Waals surface area contributed by atoms with Crippen LogP contribution < -0.4 is 15.4 Å². The predicted molar refractivity (Wildman–Crippen MR) is 64.9 cm³/mol. The fourth-order valence-corrected chi connectivity index (χ4v) is 1.42. The van der Waals surface area contributed by atoms with Crippen LogP contribution in [-0.2, 0) is 0 Å². The number of hydrogen-bond acceptors (Lipinski definition) is 5. The van der Waals surface area contributed by atoms with E-state index in [0.29, 0.717) is 24.4 Å². The molecule has 0 amide bonds. The first kappa shape index (κ1) is 12.7. The molecule has 0 aliphatic carbocycles. The van der Waals surface area contributed by atoms with Crippen molar-refractivity contribution in [1.82, 2.24) is 9.97 Å². The largest absolute Gasteiger partial charge is 0.481 e. The van der Waals surface area contributed by atoms with Crippen molar-refractivity contribution in [2.75, 3.05) is 25.6 Å². The lowest BCUT2D eigenvalue weighted by Crippen LogP contribution is -2.32. The number of nitrogens with zero attached hydrogens (tertiary/aromatic N) is 3. The molecule has 0 saturated heterocycles. The molecular formula is C11H20N4O. The Hall–Kier alpha value is -1.36. The Morgan fingerprint density at radius 2 is 2.19 bits per heavy atom. The van der Waals surface area contributed by atoms with Crippen molar-refractivity contribution in [3.8, 4) is 5.88 Å². The zero-order chi connectivity index (χ0) is 12.1. The summed E-state index contributed by atoms with van der Waals surface area (Å²) in [5, 5.41) is 0. The second kappa shape index (κ2) is 5.65. The zero-order valence-electron chi connectivity index (χ0n) is 10.4. The molecule has 1 heterocycles. The molecule has 90 valence electrons. The highest BCUT2D eigenvalue weighted by Gasteiger charge is 2.13. The first-order chi connectivity index (χ1) is 7.58. The number of hydrogen-bond donors (Lipinski definition) is 1. The number of ether oxygens (including phenoxy) is 1. The Morgan fingerprint density at radius 1 is 1.50 bits per heavy atom. The summed E-state index contributed by atoms with van der Waals surface area (Å²) in [6.45, 7) is 4.69. The van der Waals surface area contributed by atoms with Crippen LogP contribution in [-0.4, -0.2) is 36.7 Å². The van der Waals surface area contributed by atoms with Crippen molar-refractivity contribution in [2.24, 2.45) is 5.73 Å². The Labute approximate surface area is 96.6 Å². The summed E-state index contributed by atoms with van der Waals surface area (Å²) in [6.07, 6.45) is 0.913. The van der Waals surface area contributed by atoms with Crippen LogP contribution >= 0.6 is 0 Å². The van der Waals surface area contributed by atoms with Crippen molar-refractivity contribution in [3.05, 3.63) is 11.8 Å². The van der Waals surface area contributed by atoms with E-state index < -0.39 is 0 Å². The maximum absolute atomic E-state index is 5.54. The molecule has 1 aromatic rings. The molecule has 5 heteroatoms. The molecular weight excluding hydrogens is 204 g/mol. The summed E-state index contributed by atoms with van der Waals surface area (Å²) >= 11 is 0. The lowest BCUT2D eigenvalue weighted by atomic mass is 10.2. The van der Waals surface area contributed by atoms with E-state index >= 15 is 0 Å². The number of nitrogens with two attached hydrogens (primary N) is 1. The van der Waals surface area contributed by atoms with Gasteiger partial charge in [-0.1, -0.05) is 0 Å². The molecule has 16 heavy (non-hydrogen) atoms. The first-order valence-corrected chi connectivity index (χ1v) is 5.41. The van der Waals surface area contributed by atoms with Gasteiger partial charge in [0.25, 0.3) is 0 Å². The first-order valence-electron chi connectivity index (χ1n) is 5.41. The van der Waals surface area contributed by atoms with E-state index in [1.807, 2.05) is 24.9 Å². The maximum atomic E-state index is 5.54. The van der Waals surface area contributed by atoms with Crippen molar-refractivity contribution in [3.63, 3.8) is 0 Å². The minimum absolute atomic E-state index is 0.316. The average molecular weight is 224 g/mol. The maximum Gasteiger partial charge on any atom is 0.228 e. The predicted octanol–water partition coefficient (Wildman–Crippen LogP) is 0.967. The quantitative estimate of drug-likeness (QED) is 0.807. The lowest BCUT2D eigenvalue weighted by molar-refractivity contribution is 0.396. The fraction of sp³-hybridized carbons (Fsp3) is 0.636. The van der Waals surface area contributed by atoms with Gasteiger partial charge in [0.05, 0.1) is 7.11 Å². The van der Waals surface area contributed by atoms with Gasteiger partial charge in [-0.2, -0.15) is 4.98 Å². The highest BCUT2D eigenvalue weighted by atomic mass is 16.5. The van der Waals surface area contributed by atoms with Crippen LogP contribution in [0.2, 0.25) is 0 Å². The van der Waals surface area contributed by atoms with E-state index in [2.05, 4.69) is 16.9 Å². The van der Waals surface area contributed by atoms with Crippen molar-refractivity contribution < 1.29 is 4.74 Å². The third-order valence-electron chi connectivity index (χ3n) is 2.59. The van der Waals surface area contributed by atoms with Crippen LogP contribution in [0.4, 0.5) is 5.95 Å². The molecule has 0 bridgehead atoms. The van der Waals surface area contributed by atoms with Crippen LogP contribution in [0.5, 0.6) is 5.88 Å². The van der Waals surface area contributed by atoms with Gasteiger partial charge in [0.2, 0.25) is 11.8 Å². The molecule has 5 nitrogen and oxygen atoms in total. The summed E-state index contributed by atoms with van der Waals surface area (Å²) < 4.78 is 5.12. The van der Waals surface area contributed by atoms with Crippen LogP contribution in [0.3, 0.4) is 0 Å². The molecule has 1 aromatic heterocycles. The second-order valence-electron chi connectivity index (χ2n) is 3.89. The number of aryl methyl sites for hydroxylation is 1. The average Bonchev–Trinajstić information content (AvgIpc) is 2.27. The normalized spacial score (nSPS) is 12.3.